The number of rotatable bonds is 6. The molecule has 0 spiro atoms. The van der Waals surface area contributed by atoms with E-state index in [1.54, 1.807) is 58.4 Å². The highest BCUT2D eigenvalue weighted by Gasteiger charge is 2.16. The first-order valence-electron chi connectivity index (χ1n) is 9.39. The van der Waals surface area contributed by atoms with Crippen molar-refractivity contribution < 1.29 is 13.9 Å². The minimum atomic E-state index is -0.332. The van der Waals surface area contributed by atoms with E-state index in [0.29, 0.717) is 45.0 Å². The number of halogens is 1. The van der Waals surface area contributed by atoms with Crippen LogP contribution in [-0.2, 0) is 7.05 Å². The zero-order chi connectivity index (χ0) is 22.0. The van der Waals surface area contributed by atoms with Crippen molar-refractivity contribution in [3.05, 3.63) is 88.1 Å². The molecule has 3 aromatic rings. The van der Waals surface area contributed by atoms with E-state index in [0.717, 1.165) is 0 Å². The summed E-state index contributed by atoms with van der Waals surface area (Å²) in [5.41, 5.74) is 3.30. The summed E-state index contributed by atoms with van der Waals surface area (Å²) < 4.78 is 21.3. The lowest BCUT2D eigenvalue weighted by atomic mass is 10.0. The molecular formula is C24H23FN2O3. The zero-order valence-electron chi connectivity index (χ0n) is 17.4. The first-order chi connectivity index (χ1) is 14.2. The molecule has 5 nitrogen and oxygen atoms in total. The Morgan fingerprint density at radius 3 is 2.43 bits per heavy atom. The molecule has 0 saturated heterocycles. The Labute approximate surface area is 174 Å². The molecule has 0 atom stereocenters. The van der Waals surface area contributed by atoms with E-state index in [2.05, 4.69) is 11.9 Å². The Balaban J connectivity index is 2.23. The van der Waals surface area contributed by atoms with Crippen molar-refractivity contribution in [2.24, 2.45) is 7.05 Å². The van der Waals surface area contributed by atoms with Gasteiger partial charge in [-0.15, -0.1) is 0 Å². The highest BCUT2D eigenvalue weighted by molar-refractivity contribution is 6.05. The van der Waals surface area contributed by atoms with Gasteiger partial charge >= 0.3 is 0 Å². The predicted octanol–water partition coefficient (Wildman–Crippen LogP) is 5.01. The van der Waals surface area contributed by atoms with Crippen LogP contribution in [0.5, 0.6) is 11.5 Å². The predicted molar refractivity (Wildman–Crippen MR) is 117 cm³/mol. The van der Waals surface area contributed by atoms with Gasteiger partial charge in [0.1, 0.15) is 23.0 Å². The van der Waals surface area contributed by atoms with Crippen molar-refractivity contribution in [1.82, 2.24) is 4.57 Å². The fraction of sp³-hybridized carbons (Fsp3) is 0.167. The summed E-state index contributed by atoms with van der Waals surface area (Å²) in [4.78, 5) is 24.5. The van der Waals surface area contributed by atoms with Crippen molar-refractivity contribution in [3.8, 4) is 22.6 Å². The van der Waals surface area contributed by atoms with Gasteiger partial charge in [-0.1, -0.05) is 6.58 Å². The topological polar surface area (TPSA) is 60.3 Å². The van der Waals surface area contributed by atoms with Crippen molar-refractivity contribution in [2.75, 3.05) is 12.4 Å². The van der Waals surface area contributed by atoms with E-state index < -0.39 is 0 Å². The highest BCUT2D eigenvalue weighted by Crippen LogP contribution is 2.37. The molecule has 0 radical (unpaired) electrons. The third-order valence-corrected chi connectivity index (χ3v) is 4.85. The summed E-state index contributed by atoms with van der Waals surface area (Å²) in [5.74, 6) is 0.463. The Hall–Kier alpha value is -3.67. The van der Waals surface area contributed by atoms with Gasteiger partial charge in [0.25, 0.3) is 5.56 Å². The highest BCUT2D eigenvalue weighted by atomic mass is 19.1. The van der Waals surface area contributed by atoms with Crippen LogP contribution in [0, 0.1) is 19.7 Å². The van der Waals surface area contributed by atoms with Crippen LogP contribution >= 0.6 is 0 Å². The van der Waals surface area contributed by atoms with Gasteiger partial charge in [-0.2, -0.15) is 0 Å². The van der Waals surface area contributed by atoms with Crippen LogP contribution in [0.3, 0.4) is 0 Å². The van der Waals surface area contributed by atoms with Crippen molar-refractivity contribution in [2.45, 2.75) is 13.8 Å². The lowest BCUT2D eigenvalue weighted by Gasteiger charge is -2.17. The average Bonchev–Trinajstić information content (AvgIpc) is 2.72. The van der Waals surface area contributed by atoms with Crippen LogP contribution in [-0.4, -0.2) is 17.4 Å². The van der Waals surface area contributed by atoms with Crippen LogP contribution < -0.4 is 15.6 Å². The summed E-state index contributed by atoms with van der Waals surface area (Å²) in [5, 5.41) is 2.89. The second kappa shape index (κ2) is 8.37. The lowest BCUT2D eigenvalue weighted by molar-refractivity contribution is 0.104. The zero-order valence-corrected chi connectivity index (χ0v) is 17.4. The van der Waals surface area contributed by atoms with E-state index in [-0.39, 0.29) is 17.2 Å². The standard InChI is InChI=1S/C24H23FN2O3/c1-6-21(28)16-7-8-22(30-23-14(2)9-18(25)10-15(23)3)19(11-16)17-12-20(26-4)24(29)27(5)13-17/h6-13,26H,1H2,2-5H3. The van der Waals surface area contributed by atoms with Crippen LogP contribution in [0.15, 0.2) is 60.0 Å². The van der Waals surface area contributed by atoms with Crippen LogP contribution in [0.4, 0.5) is 10.1 Å². The third kappa shape index (κ3) is 4.03. The number of ether oxygens (including phenoxy) is 1. The van der Waals surface area contributed by atoms with Gasteiger partial charge in [0.05, 0.1) is 0 Å². The summed E-state index contributed by atoms with van der Waals surface area (Å²) in [6, 6.07) is 9.56. The summed E-state index contributed by atoms with van der Waals surface area (Å²) >= 11 is 0. The quantitative estimate of drug-likeness (QED) is 0.462. The van der Waals surface area contributed by atoms with Gasteiger partial charge in [-0.25, -0.2) is 4.39 Å². The maximum atomic E-state index is 13.7. The number of anilines is 1. The number of nitrogens with one attached hydrogen (secondary N) is 1. The minimum Gasteiger partial charge on any atom is -0.456 e. The third-order valence-electron chi connectivity index (χ3n) is 4.85. The second-order valence-electron chi connectivity index (χ2n) is 7.06. The van der Waals surface area contributed by atoms with Crippen molar-refractivity contribution in [3.63, 3.8) is 0 Å². The second-order valence-corrected chi connectivity index (χ2v) is 7.06. The fourth-order valence-corrected chi connectivity index (χ4v) is 3.32. The Morgan fingerprint density at radius 2 is 1.83 bits per heavy atom. The maximum absolute atomic E-state index is 13.7. The summed E-state index contributed by atoms with van der Waals surface area (Å²) in [6.45, 7) is 7.08. The van der Waals surface area contributed by atoms with Crippen molar-refractivity contribution in [1.29, 1.82) is 0 Å². The molecular weight excluding hydrogens is 383 g/mol. The fourth-order valence-electron chi connectivity index (χ4n) is 3.32. The smallest absolute Gasteiger partial charge is 0.273 e. The number of carbonyl (C=O) groups is 1. The van der Waals surface area contributed by atoms with Gasteiger partial charge in [0, 0.05) is 37.0 Å². The van der Waals surface area contributed by atoms with E-state index in [4.69, 9.17) is 4.74 Å². The first-order valence-corrected chi connectivity index (χ1v) is 9.39. The van der Waals surface area contributed by atoms with Crippen LogP contribution in [0.25, 0.3) is 11.1 Å². The molecule has 0 amide bonds. The van der Waals surface area contributed by atoms with Gasteiger partial charge in [-0.3, -0.25) is 9.59 Å². The molecule has 1 heterocycles. The SMILES string of the molecule is C=CC(=O)c1ccc(Oc2c(C)cc(F)cc2C)c(-c2cc(NC)c(=O)n(C)c2)c1. The van der Waals surface area contributed by atoms with Crippen molar-refractivity contribution >= 4 is 11.5 Å². The molecule has 0 fully saturated rings. The number of aromatic nitrogens is 1. The molecule has 0 saturated carbocycles. The molecule has 3 rings (SSSR count). The Bertz CT molecular complexity index is 1190. The maximum Gasteiger partial charge on any atom is 0.273 e. The van der Waals surface area contributed by atoms with E-state index in [1.807, 2.05) is 0 Å². The summed E-state index contributed by atoms with van der Waals surface area (Å²) in [7, 11) is 3.32. The number of nitrogens with zero attached hydrogens (tertiary/aromatic N) is 1. The molecule has 0 unspecified atom stereocenters. The van der Waals surface area contributed by atoms with Gasteiger partial charge in [0.2, 0.25) is 0 Å². The Morgan fingerprint density at radius 1 is 1.17 bits per heavy atom. The van der Waals surface area contributed by atoms with Gasteiger partial charge in [0.15, 0.2) is 5.78 Å². The molecule has 30 heavy (non-hydrogen) atoms. The molecule has 0 bridgehead atoms. The number of aryl methyl sites for hydroxylation is 3. The lowest BCUT2D eigenvalue weighted by Crippen LogP contribution is -2.19. The number of carbonyl (C=O) groups excluding carboxylic acids is 1. The Kier molecular flexibility index (Phi) is 5.87. The summed E-state index contributed by atoms with van der Waals surface area (Å²) in [6.07, 6.45) is 2.92. The average molecular weight is 406 g/mol. The number of hydrogen-bond donors (Lipinski definition) is 1. The van der Waals surface area contributed by atoms with E-state index in [1.165, 1.54) is 22.8 Å². The van der Waals surface area contributed by atoms with Gasteiger partial charge in [-0.05, 0) is 67.4 Å². The van der Waals surface area contributed by atoms with E-state index in [9.17, 15) is 14.0 Å². The molecule has 1 N–H and O–H groups in total. The monoisotopic (exact) mass is 406 g/mol. The molecule has 0 aliphatic heterocycles. The molecule has 1 aromatic heterocycles. The molecule has 0 aliphatic rings. The number of allylic oxidation sites excluding steroid dienone is 1. The van der Waals surface area contributed by atoms with Gasteiger partial charge < -0.3 is 14.6 Å². The van der Waals surface area contributed by atoms with E-state index >= 15 is 0 Å². The first kappa shape index (κ1) is 21.0. The largest absolute Gasteiger partial charge is 0.456 e. The van der Waals surface area contributed by atoms with Crippen LogP contribution in [0.1, 0.15) is 21.5 Å². The minimum absolute atomic E-state index is 0.174. The molecule has 2 aromatic carbocycles. The normalized spacial score (nSPS) is 10.6. The number of pyridine rings is 1. The number of ketones is 1. The van der Waals surface area contributed by atoms with Crippen LogP contribution in [0.2, 0.25) is 0 Å². The molecule has 6 heteroatoms. The number of hydrogen-bond acceptors (Lipinski definition) is 4. The number of benzene rings is 2. The molecule has 0 aliphatic carbocycles. The molecule has 154 valence electrons.